The van der Waals surface area contributed by atoms with Crippen LogP contribution in [-0.2, 0) is 4.74 Å². The summed E-state index contributed by atoms with van der Waals surface area (Å²) in [5.41, 5.74) is 1.77. The van der Waals surface area contributed by atoms with Gasteiger partial charge in [-0.1, -0.05) is 12.1 Å². The number of hydrogen-bond donors (Lipinski definition) is 2. The molecule has 2 unspecified atom stereocenters. The summed E-state index contributed by atoms with van der Waals surface area (Å²) in [7, 11) is 1.92. The zero-order valence-electron chi connectivity index (χ0n) is 10.3. The van der Waals surface area contributed by atoms with Crippen molar-refractivity contribution in [2.75, 3.05) is 26.8 Å². The van der Waals surface area contributed by atoms with Gasteiger partial charge in [0.1, 0.15) is 5.82 Å². The lowest BCUT2D eigenvalue weighted by molar-refractivity contribution is 0.0645. The Kier molecular flexibility index (Phi) is 4.10. The first-order valence-electron chi connectivity index (χ1n) is 5.97. The van der Waals surface area contributed by atoms with Crippen molar-refractivity contribution in [1.82, 2.24) is 10.6 Å². The molecule has 1 aromatic rings. The second-order valence-corrected chi connectivity index (χ2v) is 4.41. The number of morpholine rings is 1. The number of benzene rings is 1. The van der Waals surface area contributed by atoms with E-state index in [0.29, 0.717) is 12.2 Å². The fourth-order valence-electron chi connectivity index (χ4n) is 2.26. The number of rotatable bonds is 3. The van der Waals surface area contributed by atoms with E-state index in [9.17, 15) is 4.39 Å². The molecule has 1 aromatic carbocycles. The first-order valence-corrected chi connectivity index (χ1v) is 5.97. The summed E-state index contributed by atoms with van der Waals surface area (Å²) in [4.78, 5) is 0. The molecule has 3 nitrogen and oxygen atoms in total. The maximum absolute atomic E-state index is 13.2. The third-order valence-electron chi connectivity index (χ3n) is 3.20. The highest BCUT2D eigenvalue weighted by Gasteiger charge is 2.24. The number of nitrogens with one attached hydrogen (secondary N) is 2. The average Bonchev–Trinajstić information content (AvgIpc) is 2.36. The van der Waals surface area contributed by atoms with Gasteiger partial charge in [0, 0.05) is 12.6 Å². The molecule has 0 radical (unpaired) electrons. The monoisotopic (exact) mass is 238 g/mol. The predicted molar refractivity (Wildman–Crippen MR) is 65.5 cm³/mol. The van der Waals surface area contributed by atoms with Gasteiger partial charge in [-0.05, 0) is 31.2 Å². The summed E-state index contributed by atoms with van der Waals surface area (Å²) in [5, 5.41) is 6.69. The van der Waals surface area contributed by atoms with Crippen molar-refractivity contribution >= 4 is 0 Å². The number of likely N-dealkylation sites (N-methyl/N-ethyl adjacent to an activating group) is 1. The van der Waals surface area contributed by atoms with Gasteiger partial charge in [0.25, 0.3) is 0 Å². The molecule has 2 atom stereocenters. The third-order valence-corrected chi connectivity index (χ3v) is 3.20. The van der Waals surface area contributed by atoms with Gasteiger partial charge in [-0.25, -0.2) is 4.39 Å². The minimum Gasteiger partial charge on any atom is -0.378 e. The van der Waals surface area contributed by atoms with Crippen LogP contribution in [0.2, 0.25) is 0 Å². The van der Waals surface area contributed by atoms with Crippen LogP contribution in [0.15, 0.2) is 18.2 Å². The summed E-state index contributed by atoms with van der Waals surface area (Å²) in [6, 6.07) is 5.64. The zero-order chi connectivity index (χ0) is 12.3. The summed E-state index contributed by atoms with van der Waals surface area (Å²) in [6.07, 6.45) is 0. The molecule has 0 aliphatic carbocycles. The van der Waals surface area contributed by atoms with Crippen LogP contribution in [0.4, 0.5) is 4.39 Å². The Morgan fingerprint density at radius 1 is 1.53 bits per heavy atom. The molecule has 1 aliphatic rings. The van der Waals surface area contributed by atoms with Crippen LogP contribution in [0.25, 0.3) is 0 Å². The molecule has 1 fully saturated rings. The highest BCUT2D eigenvalue weighted by Crippen LogP contribution is 2.20. The number of halogens is 1. The van der Waals surface area contributed by atoms with Gasteiger partial charge in [-0.3, -0.25) is 0 Å². The van der Waals surface area contributed by atoms with E-state index in [2.05, 4.69) is 10.6 Å². The lowest BCUT2D eigenvalue weighted by atomic mass is 9.97. The molecule has 94 valence electrons. The van der Waals surface area contributed by atoms with E-state index < -0.39 is 0 Å². The van der Waals surface area contributed by atoms with Gasteiger partial charge >= 0.3 is 0 Å². The molecule has 4 heteroatoms. The van der Waals surface area contributed by atoms with Crippen molar-refractivity contribution in [3.8, 4) is 0 Å². The fraction of sp³-hybridized carbons (Fsp3) is 0.538. The van der Waals surface area contributed by atoms with E-state index in [1.807, 2.05) is 19.2 Å². The summed E-state index contributed by atoms with van der Waals surface area (Å²) < 4.78 is 18.7. The van der Waals surface area contributed by atoms with E-state index in [1.165, 1.54) is 6.07 Å². The maximum atomic E-state index is 13.2. The Labute approximate surface area is 101 Å². The molecule has 0 amide bonds. The van der Waals surface area contributed by atoms with Crippen LogP contribution in [-0.4, -0.2) is 32.8 Å². The van der Waals surface area contributed by atoms with Crippen molar-refractivity contribution in [3.05, 3.63) is 35.1 Å². The lowest BCUT2D eigenvalue weighted by Crippen LogP contribution is -2.48. The zero-order valence-corrected chi connectivity index (χ0v) is 10.3. The fourth-order valence-corrected chi connectivity index (χ4v) is 2.26. The van der Waals surface area contributed by atoms with E-state index >= 15 is 0 Å². The smallest absolute Gasteiger partial charge is 0.126 e. The van der Waals surface area contributed by atoms with Gasteiger partial charge in [0.2, 0.25) is 0 Å². The topological polar surface area (TPSA) is 33.3 Å². The molecule has 2 rings (SSSR count). The van der Waals surface area contributed by atoms with Crippen LogP contribution in [0.1, 0.15) is 17.2 Å². The largest absolute Gasteiger partial charge is 0.378 e. The molecule has 0 saturated carbocycles. The van der Waals surface area contributed by atoms with Crippen LogP contribution in [0, 0.1) is 12.7 Å². The Hall–Kier alpha value is -0.970. The van der Waals surface area contributed by atoms with Crippen LogP contribution >= 0.6 is 0 Å². The number of hydrogen-bond acceptors (Lipinski definition) is 3. The van der Waals surface area contributed by atoms with Gasteiger partial charge in [-0.15, -0.1) is 0 Å². The molecule has 2 N–H and O–H groups in total. The molecule has 0 bridgehead atoms. The SMILES string of the molecule is CNC(c1ccc(F)c(C)c1)C1COCCN1. The Bertz CT molecular complexity index is 378. The quantitative estimate of drug-likeness (QED) is 0.834. The Balaban J connectivity index is 2.18. The van der Waals surface area contributed by atoms with Crippen molar-refractivity contribution in [3.63, 3.8) is 0 Å². The summed E-state index contributed by atoms with van der Waals surface area (Å²) >= 11 is 0. The Morgan fingerprint density at radius 3 is 2.94 bits per heavy atom. The molecule has 1 saturated heterocycles. The van der Waals surface area contributed by atoms with Gasteiger partial charge in [-0.2, -0.15) is 0 Å². The second-order valence-electron chi connectivity index (χ2n) is 4.41. The molecular formula is C13H19FN2O. The highest BCUT2D eigenvalue weighted by molar-refractivity contribution is 5.27. The Morgan fingerprint density at radius 2 is 2.35 bits per heavy atom. The lowest BCUT2D eigenvalue weighted by Gasteiger charge is -2.31. The minimum atomic E-state index is -0.156. The van der Waals surface area contributed by atoms with Crippen LogP contribution < -0.4 is 10.6 Å². The molecule has 1 heterocycles. The van der Waals surface area contributed by atoms with Gasteiger partial charge < -0.3 is 15.4 Å². The predicted octanol–water partition coefficient (Wildman–Crippen LogP) is 1.38. The molecular weight excluding hydrogens is 219 g/mol. The van der Waals surface area contributed by atoms with Crippen LogP contribution in [0.3, 0.4) is 0 Å². The van der Waals surface area contributed by atoms with Crippen molar-refractivity contribution < 1.29 is 9.13 Å². The second kappa shape index (κ2) is 5.58. The summed E-state index contributed by atoms with van der Waals surface area (Å²) in [6.45, 7) is 4.09. The first kappa shape index (κ1) is 12.5. The van der Waals surface area contributed by atoms with E-state index in [-0.39, 0.29) is 17.9 Å². The number of aryl methyl sites for hydroxylation is 1. The molecule has 17 heavy (non-hydrogen) atoms. The van der Waals surface area contributed by atoms with Gasteiger partial charge in [0.05, 0.1) is 19.3 Å². The molecule has 0 spiro atoms. The summed E-state index contributed by atoms with van der Waals surface area (Å²) in [5.74, 6) is -0.156. The highest BCUT2D eigenvalue weighted by atomic mass is 19.1. The van der Waals surface area contributed by atoms with Crippen molar-refractivity contribution in [2.24, 2.45) is 0 Å². The average molecular weight is 238 g/mol. The van der Waals surface area contributed by atoms with Crippen LogP contribution in [0.5, 0.6) is 0 Å². The van der Waals surface area contributed by atoms with E-state index in [1.54, 1.807) is 6.92 Å². The first-order chi connectivity index (χ1) is 8.22. The minimum absolute atomic E-state index is 0.148. The van der Waals surface area contributed by atoms with Crippen molar-refractivity contribution in [1.29, 1.82) is 0 Å². The third kappa shape index (κ3) is 2.83. The maximum Gasteiger partial charge on any atom is 0.126 e. The molecule has 1 aliphatic heterocycles. The van der Waals surface area contributed by atoms with Crippen molar-refractivity contribution in [2.45, 2.75) is 19.0 Å². The van der Waals surface area contributed by atoms with Gasteiger partial charge in [0.15, 0.2) is 0 Å². The van der Waals surface area contributed by atoms with E-state index in [4.69, 9.17) is 4.74 Å². The standard InChI is InChI=1S/C13H19FN2O/c1-9-7-10(3-4-11(9)14)13(15-2)12-8-17-6-5-16-12/h3-4,7,12-13,15-16H,5-6,8H2,1-2H3. The normalized spacial score (nSPS) is 22.4. The molecule has 0 aromatic heterocycles. The number of ether oxygens (including phenoxy) is 1. The van der Waals surface area contributed by atoms with E-state index in [0.717, 1.165) is 18.7 Å².